The predicted molar refractivity (Wildman–Crippen MR) is 60.1 cm³/mol. The van der Waals surface area contributed by atoms with Gasteiger partial charge in [0.15, 0.2) is 0 Å². The summed E-state index contributed by atoms with van der Waals surface area (Å²) in [4.78, 5) is 10.9. The molecule has 1 aromatic rings. The Morgan fingerprint density at radius 3 is 2.60 bits per heavy atom. The molecule has 0 amide bonds. The first-order chi connectivity index (χ1) is 7.13. The maximum absolute atomic E-state index is 10.9. The van der Waals surface area contributed by atoms with E-state index >= 15 is 0 Å². The van der Waals surface area contributed by atoms with Gasteiger partial charge in [-0.2, -0.15) is 5.26 Å². The fourth-order valence-corrected chi connectivity index (χ4v) is 1.93. The first-order valence-electron chi connectivity index (χ1n) is 4.49. The summed E-state index contributed by atoms with van der Waals surface area (Å²) in [6, 6.07) is 5.12. The van der Waals surface area contributed by atoms with Gasteiger partial charge in [0.2, 0.25) is 0 Å². The molecule has 0 aliphatic carbocycles. The van der Waals surface area contributed by atoms with Crippen LogP contribution in [0.5, 0.6) is 0 Å². The Morgan fingerprint density at radius 2 is 2.20 bits per heavy atom. The molecule has 1 aromatic carbocycles. The van der Waals surface area contributed by atoms with Crippen molar-refractivity contribution in [3.8, 4) is 6.07 Å². The van der Waals surface area contributed by atoms with Crippen molar-refractivity contribution < 1.29 is 9.90 Å². The van der Waals surface area contributed by atoms with Crippen LogP contribution in [-0.2, 0) is 11.8 Å². The van der Waals surface area contributed by atoms with Crippen LogP contribution in [0.4, 0.5) is 0 Å². The molecule has 0 fully saturated rings. The van der Waals surface area contributed by atoms with E-state index in [9.17, 15) is 4.79 Å². The first-order valence-corrected chi connectivity index (χ1v) is 5.61. The van der Waals surface area contributed by atoms with E-state index in [2.05, 4.69) is 15.9 Å². The van der Waals surface area contributed by atoms with Gasteiger partial charge >= 0.3 is 5.97 Å². The molecule has 4 heteroatoms. The second-order valence-corrected chi connectivity index (χ2v) is 3.63. The number of carboxylic acids is 1. The van der Waals surface area contributed by atoms with Gasteiger partial charge in [0.25, 0.3) is 0 Å². The highest BCUT2D eigenvalue weighted by Crippen LogP contribution is 2.19. The summed E-state index contributed by atoms with van der Waals surface area (Å²) < 4.78 is 0. The second kappa shape index (κ2) is 4.94. The van der Waals surface area contributed by atoms with Gasteiger partial charge in [-0.05, 0) is 29.7 Å². The lowest BCUT2D eigenvalue weighted by Gasteiger charge is -2.07. The number of aryl methyl sites for hydroxylation is 1. The summed E-state index contributed by atoms with van der Waals surface area (Å²) in [5, 5.41) is 18.3. The Morgan fingerprint density at radius 1 is 1.53 bits per heavy atom. The van der Waals surface area contributed by atoms with Crippen LogP contribution in [0, 0.1) is 11.3 Å². The summed E-state index contributed by atoms with van der Waals surface area (Å²) in [5.74, 6) is -1.06. The number of hydrogen-bond acceptors (Lipinski definition) is 2. The largest absolute Gasteiger partial charge is 0.478 e. The van der Waals surface area contributed by atoms with Crippen LogP contribution in [0.1, 0.15) is 34.0 Å². The van der Waals surface area contributed by atoms with Crippen LogP contribution in [0.15, 0.2) is 12.1 Å². The van der Waals surface area contributed by atoms with Crippen LogP contribution in [-0.4, -0.2) is 11.1 Å². The highest BCUT2D eigenvalue weighted by molar-refractivity contribution is 9.08. The van der Waals surface area contributed by atoms with Gasteiger partial charge in [-0.15, -0.1) is 0 Å². The Labute approximate surface area is 96.5 Å². The molecule has 0 bridgehead atoms. The maximum Gasteiger partial charge on any atom is 0.337 e. The first kappa shape index (κ1) is 11.7. The van der Waals surface area contributed by atoms with E-state index in [1.54, 1.807) is 12.1 Å². The van der Waals surface area contributed by atoms with Crippen molar-refractivity contribution in [1.82, 2.24) is 0 Å². The molecule has 0 aliphatic rings. The van der Waals surface area contributed by atoms with Crippen molar-refractivity contribution >= 4 is 21.9 Å². The van der Waals surface area contributed by atoms with Gasteiger partial charge in [0, 0.05) is 5.33 Å². The summed E-state index contributed by atoms with van der Waals surface area (Å²) >= 11 is 3.30. The molecule has 0 unspecified atom stereocenters. The van der Waals surface area contributed by atoms with Crippen molar-refractivity contribution in [1.29, 1.82) is 5.26 Å². The second-order valence-electron chi connectivity index (χ2n) is 3.07. The monoisotopic (exact) mass is 267 g/mol. The molecule has 0 heterocycles. The Kier molecular flexibility index (Phi) is 3.87. The molecular formula is C11H10BrNO2. The number of nitriles is 1. The van der Waals surface area contributed by atoms with E-state index in [0.717, 1.165) is 17.5 Å². The summed E-state index contributed by atoms with van der Waals surface area (Å²) in [7, 11) is 0. The van der Waals surface area contributed by atoms with Crippen LogP contribution in [0.2, 0.25) is 0 Å². The number of benzene rings is 1. The fourth-order valence-electron chi connectivity index (χ4n) is 1.41. The van der Waals surface area contributed by atoms with Crippen molar-refractivity contribution in [3.05, 3.63) is 34.4 Å². The molecule has 0 atom stereocenters. The SMILES string of the molecule is CCc1cc(C#N)c(C(=O)O)cc1CBr. The van der Waals surface area contributed by atoms with Crippen molar-refractivity contribution in [2.24, 2.45) is 0 Å². The van der Waals surface area contributed by atoms with Gasteiger partial charge < -0.3 is 5.11 Å². The molecule has 0 aromatic heterocycles. The average molecular weight is 268 g/mol. The third-order valence-electron chi connectivity index (χ3n) is 2.22. The standard InChI is InChI=1S/C11H10BrNO2/c1-2-7-3-9(6-13)10(11(14)15)4-8(7)5-12/h3-4H,2,5H2,1H3,(H,14,15). The number of rotatable bonds is 3. The van der Waals surface area contributed by atoms with E-state index in [0.29, 0.717) is 5.33 Å². The fraction of sp³-hybridized carbons (Fsp3) is 0.273. The van der Waals surface area contributed by atoms with Crippen LogP contribution >= 0.6 is 15.9 Å². The lowest BCUT2D eigenvalue weighted by Crippen LogP contribution is -2.03. The minimum absolute atomic E-state index is 0.0733. The molecule has 1 N–H and O–H groups in total. The summed E-state index contributed by atoms with van der Waals surface area (Å²) in [6.07, 6.45) is 0.787. The van der Waals surface area contributed by atoms with Crippen molar-refractivity contribution in [2.75, 3.05) is 0 Å². The quantitative estimate of drug-likeness (QED) is 0.857. The zero-order chi connectivity index (χ0) is 11.4. The van der Waals surface area contributed by atoms with Crippen LogP contribution < -0.4 is 0 Å². The number of hydrogen-bond donors (Lipinski definition) is 1. The number of alkyl halides is 1. The van der Waals surface area contributed by atoms with E-state index in [4.69, 9.17) is 10.4 Å². The number of halogens is 1. The highest BCUT2D eigenvalue weighted by Gasteiger charge is 2.13. The molecular weight excluding hydrogens is 258 g/mol. The van der Waals surface area contributed by atoms with E-state index in [-0.39, 0.29) is 11.1 Å². The summed E-state index contributed by atoms with van der Waals surface area (Å²) in [6.45, 7) is 1.98. The Balaban J connectivity index is 3.42. The normalized spacial score (nSPS) is 9.67. The minimum Gasteiger partial charge on any atom is -0.478 e. The third-order valence-corrected chi connectivity index (χ3v) is 2.82. The van der Waals surface area contributed by atoms with Gasteiger partial charge in [-0.1, -0.05) is 22.9 Å². The van der Waals surface area contributed by atoms with Gasteiger partial charge in [0.1, 0.15) is 6.07 Å². The molecule has 78 valence electrons. The number of carbonyl (C=O) groups is 1. The van der Waals surface area contributed by atoms with Crippen molar-refractivity contribution in [3.63, 3.8) is 0 Å². The van der Waals surface area contributed by atoms with E-state index in [1.807, 2.05) is 13.0 Å². The lowest BCUT2D eigenvalue weighted by molar-refractivity contribution is 0.0696. The van der Waals surface area contributed by atoms with Gasteiger partial charge in [-0.25, -0.2) is 4.79 Å². The molecule has 0 spiro atoms. The Hall–Kier alpha value is -1.34. The van der Waals surface area contributed by atoms with Crippen LogP contribution in [0.3, 0.4) is 0 Å². The number of carboxylic acid groups (broad SMARTS) is 1. The van der Waals surface area contributed by atoms with Crippen molar-refractivity contribution in [2.45, 2.75) is 18.7 Å². The molecule has 1 rings (SSSR count). The topological polar surface area (TPSA) is 61.1 Å². The summed E-state index contributed by atoms with van der Waals surface area (Å²) in [5.41, 5.74) is 2.23. The molecule has 15 heavy (non-hydrogen) atoms. The van der Waals surface area contributed by atoms with Crippen LogP contribution in [0.25, 0.3) is 0 Å². The molecule has 3 nitrogen and oxygen atoms in total. The minimum atomic E-state index is -1.06. The van der Waals surface area contributed by atoms with E-state index in [1.165, 1.54) is 0 Å². The van der Waals surface area contributed by atoms with Gasteiger partial charge in [0.05, 0.1) is 11.1 Å². The third kappa shape index (κ3) is 2.37. The molecule has 0 aliphatic heterocycles. The average Bonchev–Trinajstić information content (AvgIpc) is 2.26. The molecule has 0 saturated heterocycles. The zero-order valence-electron chi connectivity index (χ0n) is 8.25. The smallest absolute Gasteiger partial charge is 0.337 e. The molecule has 0 saturated carbocycles. The lowest BCUT2D eigenvalue weighted by atomic mass is 9.98. The highest BCUT2D eigenvalue weighted by atomic mass is 79.9. The van der Waals surface area contributed by atoms with Gasteiger partial charge in [-0.3, -0.25) is 0 Å². The zero-order valence-corrected chi connectivity index (χ0v) is 9.84. The predicted octanol–water partition coefficient (Wildman–Crippen LogP) is 2.71. The molecule has 0 radical (unpaired) electrons. The Bertz CT molecular complexity index is 435. The maximum atomic E-state index is 10.9. The number of aromatic carboxylic acids is 1. The van der Waals surface area contributed by atoms with E-state index < -0.39 is 5.97 Å². The number of nitrogens with zero attached hydrogens (tertiary/aromatic N) is 1.